The second-order valence-electron chi connectivity index (χ2n) is 4.29. The van der Waals surface area contributed by atoms with E-state index in [1.807, 2.05) is 6.92 Å². The first kappa shape index (κ1) is 14.9. The van der Waals surface area contributed by atoms with Gasteiger partial charge in [-0.15, -0.1) is 0 Å². The predicted molar refractivity (Wildman–Crippen MR) is 69.5 cm³/mol. The van der Waals surface area contributed by atoms with Gasteiger partial charge in [-0.3, -0.25) is 4.90 Å². The van der Waals surface area contributed by atoms with Crippen LogP contribution in [0.25, 0.3) is 0 Å². The normalized spacial score (nSPS) is 11.9. The molecule has 2 nitrogen and oxygen atoms in total. The molecule has 0 aromatic heterocycles. The number of benzene rings is 1. The van der Waals surface area contributed by atoms with Gasteiger partial charge in [0, 0.05) is 12.1 Å². The fourth-order valence-corrected chi connectivity index (χ4v) is 1.81. The summed E-state index contributed by atoms with van der Waals surface area (Å²) in [6, 6.07) is 5.28. The van der Waals surface area contributed by atoms with E-state index < -0.39 is 12.7 Å². The largest absolute Gasteiger partial charge is 0.401 e. The smallest absolute Gasteiger partial charge is 0.389 e. The van der Waals surface area contributed by atoms with Crippen molar-refractivity contribution >= 4 is 17.2 Å². The zero-order valence-electron chi connectivity index (χ0n) is 10.2. The number of hydrogen-bond acceptors (Lipinski definition) is 2. The molecule has 100 valence electrons. The van der Waals surface area contributed by atoms with E-state index in [0.717, 1.165) is 16.7 Å². The molecule has 0 aliphatic rings. The molecule has 0 aliphatic heterocycles. The Bertz CT molecular complexity index is 443. The molecule has 1 aromatic carbocycles. The Morgan fingerprint density at radius 1 is 1.39 bits per heavy atom. The van der Waals surface area contributed by atoms with Crippen molar-refractivity contribution in [1.82, 2.24) is 4.90 Å². The maximum Gasteiger partial charge on any atom is 0.401 e. The molecule has 6 heteroatoms. The van der Waals surface area contributed by atoms with E-state index >= 15 is 0 Å². The fraction of sp³-hybridized carbons (Fsp3) is 0.417. The van der Waals surface area contributed by atoms with Crippen molar-refractivity contribution in [2.24, 2.45) is 5.73 Å². The Hall–Kier alpha value is -1.14. The van der Waals surface area contributed by atoms with Gasteiger partial charge in [-0.2, -0.15) is 13.2 Å². The van der Waals surface area contributed by atoms with Crippen LogP contribution in [0.4, 0.5) is 13.2 Å². The van der Waals surface area contributed by atoms with Crippen molar-refractivity contribution in [3.63, 3.8) is 0 Å². The molecular weight excluding hydrogens is 261 g/mol. The van der Waals surface area contributed by atoms with Crippen LogP contribution in [0.5, 0.6) is 0 Å². The Labute approximate surface area is 110 Å². The lowest BCUT2D eigenvalue weighted by atomic mass is 10.0. The number of hydrogen-bond donors (Lipinski definition) is 1. The molecule has 0 saturated carbocycles. The first-order valence-electron chi connectivity index (χ1n) is 5.33. The van der Waals surface area contributed by atoms with Crippen LogP contribution in [0.2, 0.25) is 0 Å². The lowest BCUT2D eigenvalue weighted by molar-refractivity contribution is -0.144. The molecule has 0 bridgehead atoms. The summed E-state index contributed by atoms with van der Waals surface area (Å²) in [5.74, 6) is 0. The van der Waals surface area contributed by atoms with Gasteiger partial charge < -0.3 is 5.73 Å². The Kier molecular flexibility index (Phi) is 4.70. The first-order chi connectivity index (χ1) is 8.19. The van der Waals surface area contributed by atoms with Crippen molar-refractivity contribution in [3.05, 3.63) is 34.9 Å². The maximum atomic E-state index is 12.2. The molecule has 1 rings (SSSR count). The van der Waals surface area contributed by atoms with Crippen LogP contribution in [-0.2, 0) is 6.54 Å². The highest BCUT2D eigenvalue weighted by atomic mass is 32.1. The third kappa shape index (κ3) is 4.62. The number of nitrogens with zero attached hydrogens (tertiary/aromatic N) is 1. The highest BCUT2D eigenvalue weighted by Gasteiger charge is 2.29. The maximum absolute atomic E-state index is 12.2. The highest BCUT2D eigenvalue weighted by molar-refractivity contribution is 7.80. The molecule has 0 saturated heterocycles. The minimum atomic E-state index is -4.18. The molecule has 0 heterocycles. The number of alkyl halides is 3. The monoisotopic (exact) mass is 276 g/mol. The highest BCUT2D eigenvalue weighted by Crippen LogP contribution is 2.18. The summed E-state index contributed by atoms with van der Waals surface area (Å²) in [6.45, 7) is 1.14. The van der Waals surface area contributed by atoms with Crippen LogP contribution in [-0.4, -0.2) is 29.7 Å². The van der Waals surface area contributed by atoms with Crippen LogP contribution >= 0.6 is 12.2 Å². The molecule has 0 spiro atoms. The minimum absolute atomic E-state index is 0.239. The van der Waals surface area contributed by atoms with E-state index in [1.54, 1.807) is 18.2 Å². The molecule has 0 atom stereocenters. The zero-order valence-corrected chi connectivity index (χ0v) is 11.0. The molecule has 0 aliphatic carbocycles. The lowest BCUT2D eigenvalue weighted by Gasteiger charge is -2.19. The van der Waals surface area contributed by atoms with Gasteiger partial charge in [0.1, 0.15) is 4.99 Å². The van der Waals surface area contributed by atoms with Crippen molar-refractivity contribution in [2.45, 2.75) is 19.6 Å². The van der Waals surface area contributed by atoms with Crippen LogP contribution in [0, 0.1) is 6.92 Å². The molecule has 2 N–H and O–H groups in total. The molecular formula is C12H15F3N2S. The number of halogens is 3. The molecule has 18 heavy (non-hydrogen) atoms. The van der Waals surface area contributed by atoms with Gasteiger partial charge in [0.15, 0.2) is 0 Å². The van der Waals surface area contributed by atoms with Gasteiger partial charge >= 0.3 is 6.18 Å². The van der Waals surface area contributed by atoms with E-state index in [0.29, 0.717) is 0 Å². The predicted octanol–water partition coefficient (Wildman–Crippen LogP) is 2.62. The van der Waals surface area contributed by atoms with E-state index in [2.05, 4.69) is 0 Å². The summed E-state index contributed by atoms with van der Waals surface area (Å²) in [5, 5.41) is 0. The van der Waals surface area contributed by atoms with E-state index in [9.17, 15) is 13.2 Å². The van der Waals surface area contributed by atoms with Crippen LogP contribution < -0.4 is 5.73 Å². The van der Waals surface area contributed by atoms with Gasteiger partial charge in [-0.1, -0.05) is 24.4 Å². The van der Waals surface area contributed by atoms with Crippen LogP contribution in [0.15, 0.2) is 18.2 Å². The first-order valence-corrected chi connectivity index (χ1v) is 5.74. The summed E-state index contributed by atoms with van der Waals surface area (Å²) in [5.41, 5.74) is 7.93. The van der Waals surface area contributed by atoms with Crippen molar-refractivity contribution < 1.29 is 13.2 Å². The summed E-state index contributed by atoms with van der Waals surface area (Å²) in [6.07, 6.45) is -4.18. The molecule has 0 unspecified atom stereocenters. The number of rotatable bonds is 4. The SMILES string of the molecule is Cc1cc(C(N)=S)ccc1CN(C)CC(F)(F)F. The Balaban J connectivity index is 2.77. The Morgan fingerprint density at radius 3 is 2.44 bits per heavy atom. The van der Waals surface area contributed by atoms with Crippen molar-refractivity contribution in [1.29, 1.82) is 0 Å². The van der Waals surface area contributed by atoms with Crippen LogP contribution in [0.3, 0.4) is 0 Å². The molecule has 0 radical (unpaired) electrons. The lowest BCUT2D eigenvalue weighted by Crippen LogP contribution is -2.30. The molecule has 0 amide bonds. The van der Waals surface area contributed by atoms with Gasteiger partial charge in [-0.05, 0) is 31.2 Å². The summed E-state index contributed by atoms with van der Waals surface area (Å²) < 4.78 is 36.6. The summed E-state index contributed by atoms with van der Waals surface area (Å²) in [7, 11) is 1.44. The minimum Gasteiger partial charge on any atom is -0.389 e. The van der Waals surface area contributed by atoms with Crippen molar-refractivity contribution in [2.75, 3.05) is 13.6 Å². The van der Waals surface area contributed by atoms with Gasteiger partial charge in [-0.25, -0.2) is 0 Å². The average molecular weight is 276 g/mol. The number of nitrogens with two attached hydrogens (primary N) is 1. The van der Waals surface area contributed by atoms with E-state index in [1.165, 1.54) is 11.9 Å². The number of aryl methyl sites for hydroxylation is 1. The topological polar surface area (TPSA) is 29.3 Å². The summed E-state index contributed by atoms with van der Waals surface area (Å²) in [4.78, 5) is 1.51. The fourth-order valence-electron chi connectivity index (χ4n) is 1.68. The average Bonchev–Trinajstić information content (AvgIpc) is 2.17. The van der Waals surface area contributed by atoms with Gasteiger partial charge in [0.25, 0.3) is 0 Å². The molecule has 0 fully saturated rings. The van der Waals surface area contributed by atoms with E-state index in [4.69, 9.17) is 18.0 Å². The second kappa shape index (κ2) is 5.67. The van der Waals surface area contributed by atoms with E-state index in [-0.39, 0.29) is 11.5 Å². The number of thiocarbonyl (C=S) groups is 1. The third-order valence-corrected chi connectivity index (χ3v) is 2.75. The second-order valence-corrected chi connectivity index (χ2v) is 4.73. The Morgan fingerprint density at radius 2 is 2.00 bits per heavy atom. The van der Waals surface area contributed by atoms with Crippen LogP contribution in [0.1, 0.15) is 16.7 Å². The standard InChI is InChI=1S/C12H15F3N2S/c1-8-5-9(11(16)18)3-4-10(8)6-17(2)7-12(13,14)15/h3-5H,6-7H2,1-2H3,(H2,16,18). The third-order valence-electron chi connectivity index (χ3n) is 2.52. The zero-order chi connectivity index (χ0) is 13.9. The molecule has 1 aromatic rings. The van der Waals surface area contributed by atoms with Gasteiger partial charge in [0.05, 0.1) is 6.54 Å². The van der Waals surface area contributed by atoms with Gasteiger partial charge in [0.2, 0.25) is 0 Å². The van der Waals surface area contributed by atoms with Crippen molar-refractivity contribution in [3.8, 4) is 0 Å². The quantitative estimate of drug-likeness (QED) is 0.857. The summed E-state index contributed by atoms with van der Waals surface area (Å²) >= 11 is 4.84.